The second-order valence-corrected chi connectivity index (χ2v) is 4.94. The van der Waals surface area contributed by atoms with Crippen molar-refractivity contribution < 1.29 is 18.0 Å². The summed E-state index contributed by atoms with van der Waals surface area (Å²) in [5.41, 5.74) is -1.16. The lowest BCUT2D eigenvalue weighted by Gasteiger charge is -2.21. The number of hydrogen-bond donors (Lipinski definition) is 2. The predicted octanol–water partition coefficient (Wildman–Crippen LogP) is 0.811. The SMILES string of the molecule is O=C(NC1(C(F)(F)F)CC1)c1cnn2c1CNCC2. The molecule has 2 N–H and O–H groups in total. The quantitative estimate of drug-likeness (QED) is 0.839. The van der Waals surface area contributed by atoms with Crippen molar-refractivity contribution in [3.05, 3.63) is 17.5 Å². The van der Waals surface area contributed by atoms with Gasteiger partial charge in [0, 0.05) is 13.1 Å². The molecule has 1 saturated carbocycles. The molecule has 2 heterocycles. The van der Waals surface area contributed by atoms with Gasteiger partial charge < -0.3 is 10.6 Å². The Morgan fingerprint density at radius 1 is 1.47 bits per heavy atom. The number of aromatic nitrogens is 2. The van der Waals surface area contributed by atoms with Crippen molar-refractivity contribution in [1.29, 1.82) is 0 Å². The summed E-state index contributed by atoms with van der Waals surface area (Å²) in [7, 11) is 0. The monoisotopic (exact) mass is 274 g/mol. The lowest BCUT2D eigenvalue weighted by atomic mass is 10.1. The Kier molecular flexibility index (Phi) is 2.60. The molecule has 0 saturated heterocycles. The molecule has 1 aromatic rings. The van der Waals surface area contributed by atoms with Crippen LogP contribution in [0.3, 0.4) is 0 Å². The Labute approximate surface area is 107 Å². The number of nitrogens with one attached hydrogen (secondary N) is 2. The summed E-state index contributed by atoms with van der Waals surface area (Å²) in [5.74, 6) is -0.695. The first-order valence-corrected chi connectivity index (χ1v) is 6.08. The maximum absolute atomic E-state index is 12.8. The molecule has 0 bridgehead atoms. The van der Waals surface area contributed by atoms with E-state index in [1.165, 1.54) is 6.20 Å². The van der Waals surface area contributed by atoms with E-state index in [-0.39, 0.29) is 18.4 Å². The highest BCUT2D eigenvalue weighted by Gasteiger charge is 2.64. The first-order valence-electron chi connectivity index (χ1n) is 6.08. The van der Waals surface area contributed by atoms with Gasteiger partial charge in [-0.05, 0) is 12.8 Å². The van der Waals surface area contributed by atoms with Gasteiger partial charge in [-0.3, -0.25) is 9.48 Å². The summed E-state index contributed by atoms with van der Waals surface area (Å²) in [5, 5.41) is 9.21. The molecule has 1 fully saturated rings. The van der Waals surface area contributed by atoms with Gasteiger partial charge >= 0.3 is 6.18 Å². The average molecular weight is 274 g/mol. The van der Waals surface area contributed by atoms with E-state index >= 15 is 0 Å². The minimum atomic E-state index is -4.39. The number of alkyl halides is 3. The Morgan fingerprint density at radius 3 is 2.84 bits per heavy atom. The van der Waals surface area contributed by atoms with E-state index in [9.17, 15) is 18.0 Å². The zero-order valence-corrected chi connectivity index (χ0v) is 10.0. The van der Waals surface area contributed by atoms with Crippen molar-refractivity contribution in [2.45, 2.75) is 37.6 Å². The fourth-order valence-electron chi connectivity index (χ4n) is 2.26. The molecule has 1 amide bonds. The van der Waals surface area contributed by atoms with Crippen molar-refractivity contribution in [2.75, 3.05) is 6.54 Å². The molecule has 8 heteroatoms. The molecule has 104 valence electrons. The zero-order chi connectivity index (χ0) is 13.7. The van der Waals surface area contributed by atoms with Gasteiger partial charge in [0.2, 0.25) is 0 Å². The Hall–Kier alpha value is -1.57. The summed E-state index contributed by atoms with van der Waals surface area (Å²) in [6, 6.07) is 0. The van der Waals surface area contributed by atoms with Crippen LogP contribution in [0.4, 0.5) is 13.2 Å². The van der Waals surface area contributed by atoms with Gasteiger partial charge in [0.25, 0.3) is 5.91 Å². The highest BCUT2D eigenvalue weighted by molar-refractivity contribution is 5.96. The number of fused-ring (bicyclic) bond motifs is 1. The Morgan fingerprint density at radius 2 is 2.21 bits per heavy atom. The predicted molar refractivity (Wildman–Crippen MR) is 59.4 cm³/mol. The minimum absolute atomic E-state index is 0.0516. The summed E-state index contributed by atoms with van der Waals surface area (Å²) >= 11 is 0. The molecule has 3 rings (SSSR count). The first-order chi connectivity index (χ1) is 8.93. The molecule has 0 radical (unpaired) electrons. The lowest BCUT2D eigenvalue weighted by molar-refractivity contribution is -0.163. The summed E-state index contributed by atoms with van der Waals surface area (Å²) in [4.78, 5) is 12.0. The third kappa shape index (κ3) is 1.99. The number of carbonyl (C=O) groups is 1. The number of carbonyl (C=O) groups excluding carboxylic acids is 1. The normalized spacial score (nSPS) is 20.8. The summed E-state index contributed by atoms with van der Waals surface area (Å²) < 4.78 is 40.0. The second-order valence-electron chi connectivity index (χ2n) is 4.94. The second kappa shape index (κ2) is 3.96. The van der Waals surface area contributed by atoms with Crippen molar-refractivity contribution in [3.8, 4) is 0 Å². The topological polar surface area (TPSA) is 59.0 Å². The molecule has 1 aliphatic carbocycles. The smallest absolute Gasteiger partial charge is 0.338 e. The number of rotatable bonds is 2. The van der Waals surface area contributed by atoms with E-state index in [0.717, 1.165) is 6.54 Å². The molecule has 0 atom stereocenters. The van der Waals surface area contributed by atoms with Gasteiger partial charge in [0.1, 0.15) is 5.54 Å². The molecule has 2 aliphatic rings. The van der Waals surface area contributed by atoms with Crippen LogP contribution in [0.2, 0.25) is 0 Å². The van der Waals surface area contributed by atoms with E-state index in [1.807, 2.05) is 0 Å². The molecular weight excluding hydrogens is 261 g/mol. The summed E-state index contributed by atoms with van der Waals surface area (Å²) in [6.07, 6.45) is -3.16. The van der Waals surface area contributed by atoms with Crippen molar-refractivity contribution in [1.82, 2.24) is 20.4 Å². The highest BCUT2D eigenvalue weighted by Crippen LogP contribution is 2.49. The van der Waals surface area contributed by atoms with Crippen LogP contribution in [0.5, 0.6) is 0 Å². The van der Waals surface area contributed by atoms with Crippen LogP contribution < -0.4 is 10.6 Å². The van der Waals surface area contributed by atoms with Gasteiger partial charge in [0.05, 0.1) is 24.0 Å². The largest absolute Gasteiger partial charge is 0.411 e. The standard InChI is InChI=1S/C11H13F3N4O/c12-11(13,14)10(1-2-10)17-9(19)7-5-16-18-4-3-15-6-8(7)18/h5,15H,1-4,6H2,(H,17,19). The van der Waals surface area contributed by atoms with Crippen molar-refractivity contribution in [2.24, 2.45) is 0 Å². The van der Waals surface area contributed by atoms with Crippen LogP contribution in [-0.2, 0) is 13.1 Å². The first kappa shape index (κ1) is 12.5. The fraction of sp³-hybridized carbons (Fsp3) is 0.636. The Balaban J connectivity index is 1.80. The summed E-state index contributed by atoms with van der Waals surface area (Å²) in [6.45, 7) is 1.80. The maximum Gasteiger partial charge on any atom is 0.411 e. The number of hydrogen-bond acceptors (Lipinski definition) is 3. The number of amides is 1. The van der Waals surface area contributed by atoms with Crippen LogP contribution in [0.25, 0.3) is 0 Å². The van der Waals surface area contributed by atoms with Crippen LogP contribution in [0, 0.1) is 0 Å². The number of nitrogens with zero attached hydrogens (tertiary/aromatic N) is 2. The maximum atomic E-state index is 12.8. The van der Waals surface area contributed by atoms with Crippen molar-refractivity contribution in [3.63, 3.8) is 0 Å². The third-order valence-electron chi connectivity index (χ3n) is 3.63. The number of halogens is 3. The van der Waals surface area contributed by atoms with Crippen LogP contribution >= 0.6 is 0 Å². The molecule has 1 aromatic heterocycles. The van der Waals surface area contributed by atoms with E-state index in [4.69, 9.17) is 0 Å². The highest BCUT2D eigenvalue weighted by atomic mass is 19.4. The van der Waals surface area contributed by atoms with Crippen LogP contribution in [0.1, 0.15) is 28.9 Å². The third-order valence-corrected chi connectivity index (χ3v) is 3.63. The fourth-order valence-corrected chi connectivity index (χ4v) is 2.26. The van der Waals surface area contributed by atoms with Crippen molar-refractivity contribution >= 4 is 5.91 Å². The van der Waals surface area contributed by atoms with Crippen LogP contribution in [0.15, 0.2) is 6.20 Å². The molecule has 1 aliphatic heterocycles. The minimum Gasteiger partial charge on any atom is -0.338 e. The van der Waals surface area contributed by atoms with E-state index in [1.54, 1.807) is 4.68 Å². The molecule has 5 nitrogen and oxygen atoms in total. The molecule has 0 spiro atoms. The van der Waals surface area contributed by atoms with Crippen LogP contribution in [-0.4, -0.2) is 33.9 Å². The average Bonchev–Trinajstić information content (AvgIpc) is 3.01. The van der Waals surface area contributed by atoms with E-state index < -0.39 is 17.6 Å². The molecule has 19 heavy (non-hydrogen) atoms. The Bertz CT molecular complexity index is 519. The van der Waals surface area contributed by atoms with E-state index in [2.05, 4.69) is 15.7 Å². The molecular formula is C11H13F3N4O. The van der Waals surface area contributed by atoms with Gasteiger partial charge in [-0.1, -0.05) is 0 Å². The van der Waals surface area contributed by atoms with E-state index in [0.29, 0.717) is 18.8 Å². The lowest BCUT2D eigenvalue weighted by Crippen LogP contribution is -2.48. The molecule has 0 aromatic carbocycles. The van der Waals surface area contributed by atoms with Gasteiger partial charge in [-0.25, -0.2) is 0 Å². The molecule has 0 unspecified atom stereocenters. The van der Waals surface area contributed by atoms with Gasteiger partial charge in [-0.2, -0.15) is 18.3 Å². The van der Waals surface area contributed by atoms with Gasteiger partial charge in [0.15, 0.2) is 0 Å². The zero-order valence-electron chi connectivity index (χ0n) is 10.0. The van der Waals surface area contributed by atoms with Gasteiger partial charge in [-0.15, -0.1) is 0 Å².